The largest absolute Gasteiger partial charge is 4.00 e. The first-order valence-corrected chi connectivity index (χ1v) is 3.99. The summed E-state index contributed by atoms with van der Waals surface area (Å²) in [5.41, 5.74) is 0. The molecule has 0 fully saturated rings. The Morgan fingerprint density at radius 1 is 0.818 bits per heavy atom. The quantitative estimate of drug-likeness (QED) is 0.705. The normalized spacial score (nSPS) is 7.64. The Kier molecular flexibility index (Phi) is 36.2. The third kappa shape index (κ3) is 36.3. The predicted molar refractivity (Wildman–Crippen MR) is 39.6 cm³/mol. The molecule has 0 amide bonds. The molecule has 0 unspecified atom stereocenters. The zero-order valence-electron chi connectivity index (χ0n) is 7.56. The number of hydrogen-bond donors (Lipinski definition) is 0. The van der Waals surface area contributed by atoms with Crippen molar-refractivity contribution < 1.29 is 36.4 Å². The van der Waals surface area contributed by atoms with Gasteiger partial charge in [-0.15, -0.1) is 13.2 Å². The van der Waals surface area contributed by atoms with E-state index in [1.807, 2.05) is 13.8 Å². The second-order valence-corrected chi connectivity index (χ2v) is 2.12. The maximum absolute atomic E-state index is 9.53. The molecular formula is C8H18O2Zr+2. The summed E-state index contributed by atoms with van der Waals surface area (Å²) < 4.78 is 0. The van der Waals surface area contributed by atoms with Gasteiger partial charge in [-0.3, -0.25) is 0 Å². The minimum Gasteiger partial charge on any atom is -0.854 e. The van der Waals surface area contributed by atoms with Crippen LogP contribution in [0.5, 0.6) is 0 Å². The van der Waals surface area contributed by atoms with Crippen LogP contribution in [0.2, 0.25) is 0 Å². The van der Waals surface area contributed by atoms with Gasteiger partial charge in [0.15, 0.2) is 0 Å². The van der Waals surface area contributed by atoms with Gasteiger partial charge in [0, 0.05) is 0 Å². The van der Waals surface area contributed by atoms with Crippen LogP contribution in [-0.4, -0.2) is 13.2 Å². The molecule has 64 valence electrons. The summed E-state index contributed by atoms with van der Waals surface area (Å²) in [7, 11) is 0. The van der Waals surface area contributed by atoms with Crippen molar-refractivity contribution in [3.05, 3.63) is 0 Å². The van der Waals surface area contributed by atoms with Gasteiger partial charge in [0.1, 0.15) is 0 Å². The molecule has 0 N–H and O–H groups in total. The Hall–Kier alpha value is 0.803. The van der Waals surface area contributed by atoms with Gasteiger partial charge in [0.05, 0.1) is 0 Å². The van der Waals surface area contributed by atoms with Crippen molar-refractivity contribution >= 4 is 0 Å². The van der Waals surface area contributed by atoms with E-state index in [0.29, 0.717) is 0 Å². The van der Waals surface area contributed by atoms with Crippen molar-refractivity contribution in [2.75, 3.05) is 13.2 Å². The smallest absolute Gasteiger partial charge is 0.854 e. The molecule has 0 aromatic rings. The standard InChI is InChI=1S/2C4H9O.Zr/c2*1-2-3-4-5;/h2*2-4H2,1H3;/q2*-1;+4. The van der Waals surface area contributed by atoms with Crippen LogP contribution in [0.25, 0.3) is 0 Å². The van der Waals surface area contributed by atoms with E-state index in [4.69, 9.17) is 0 Å². The molecular weight excluding hydrogens is 219 g/mol. The molecule has 0 radical (unpaired) electrons. The van der Waals surface area contributed by atoms with Gasteiger partial charge in [-0.25, -0.2) is 0 Å². The van der Waals surface area contributed by atoms with Gasteiger partial charge < -0.3 is 10.2 Å². The summed E-state index contributed by atoms with van der Waals surface area (Å²) >= 11 is 0. The molecule has 0 heterocycles. The zero-order chi connectivity index (χ0) is 8.24. The summed E-state index contributed by atoms with van der Waals surface area (Å²) in [5.74, 6) is 0. The van der Waals surface area contributed by atoms with Gasteiger partial charge in [-0.05, 0) is 0 Å². The average Bonchev–Trinajstić information content (AvgIpc) is 1.93. The van der Waals surface area contributed by atoms with Crippen molar-refractivity contribution in [3.63, 3.8) is 0 Å². The van der Waals surface area contributed by atoms with E-state index >= 15 is 0 Å². The fourth-order valence-corrected chi connectivity index (χ4v) is 0.289. The van der Waals surface area contributed by atoms with Crippen molar-refractivity contribution in [2.45, 2.75) is 39.5 Å². The molecule has 0 aromatic heterocycles. The Labute approximate surface area is 89.1 Å². The van der Waals surface area contributed by atoms with Crippen LogP contribution < -0.4 is 10.2 Å². The molecule has 2 nitrogen and oxygen atoms in total. The van der Waals surface area contributed by atoms with Crippen molar-refractivity contribution in [1.82, 2.24) is 0 Å². The molecule has 0 spiro atoms. The van der Waals surface area contributed by atoms with Gasteiger partial charge in [0.2, 0.25) is 0 Å². The van der Waals surface area contributed by atoms with Crippen LogP contribution in [0.15, 0.2) is 0 Å². The molecule has 0 rings (SSSR count). The van der Waals surface area contributed by atoms with Crippen LogP contribution >= 0.6 is 0 Å². The second kappa shape index (κ2) is 22.4. The minimum absolute atomic E-state index is 0. The molecule has 0 bridgehead atoms. The molecule has 0 saturated heterocycles. The third-order valence-corrected chi connectivity index (χ3v) is 0.996. The molecule has 3 heteroatoms. The van der Waals surface area contributed by atoms with Crippen LogP contribution in [0, 0.1) is 0 Å². The summed E-state index contributed by atoms with van der Waals surface area (Å²) in [5, 5.41) is 19.1. The van der Waals surface area contributed by atoms with Crippen molar-refractivity contribution in [2.24, 2.45) is 0 Å². The first-order chi connectivity index (χ1) is 4.83. The van der Waals surface area contributed by atoms with Gasteiger partial charge in [-0.1, -0.05) is 39.5 Å². The molecule has 11 heavy (non-hydrogen) atoms. The van der Waals surface area contributed by atoms with E-state index in [-0.39, 0.29) is 39.4 Å². The number of hydrogen-bond acceptors (Lipinski definition) is 2. The summed E-state index contributed by atoms with van der Waals surface area (Å²) in [6, 6.07) is 0. The van der Waals surface area contributed by atoms with Crippen molar-refractivity contribution in [1.29, 1.82) is 0 Å². The van der Waals surface area contributed by atoms with Gasteiger partial charge >= 0.3 is 26.2 Å². The molecule has 0 aliphatic carbocycles. The zero-order valence-corrected chi connectivity index (χ0v) is 10.0. The fourth-order valence-electron chi connectivity index (χ4n) is 0.289. The van der Waals surface area contributed by atoms with Gasteiger partial charge in [0.25, 0.3) is 0 Å². The van der Waals surface area contributed by atoms with E-state index < -0.39 is 0 Å². The van der Waals surface area contributed by atoms with Crippen molar-refractivity contribution in [3.8, 4) is 0 Å². The van der Waals surface area contributed by atoms with E-state index in [2.05, 4.69) is 0 Å². The second-order valence-electron chi connectivity index (χ2n) is 2.12. The SMILES string of the molecule is CCCC[O-].CCCC[O-].[Zr+4]. The Balaban J connectivity index is -0.000000107. The molecule has 0 aliphatic rings. The van der Waals surface area contributed by atoms with Crippen LogP contribution in [0.4, 0.5) is 0 Å². The molecule has 0 aliphatic heterocycles. The Bertz CT molecular complexity index is 33.1. The number of rotatable bonds is 4. The number of unbranched alkanes of at least 4 members (excludes halogenated alkanes) is 2. The first kappa shape index (κ1) is 17.8. The Morgan fingerprint density at radius 2 is 1.09 bits per heavy atom. The van der Waals surface area contributed by atoms with E-state index in [0.717, 1.165) is 25.7 Å². The van der Waals surface area contributed by atoms with Crippen LogP contribution in [0.1, 0.15) is 39.5 Å². The minimum atomic E-state index is 0. The maximum atomic E-state index is 9.53. The monoisotopic (exact) mass is 236 g/mol. The van der Waals surface area contributed by atoms with Gasteiger partial charge in [-0.2, -0.15) is 0 Å². The van der Waals surface area contributed by atoms with E-state index in [9.17, 15) is 10.2 Å². The fraction of sp³-hybridized carbons (Fsp3) is 1.00. The average molecular weight is 237 g/mol. The molecule has 0 aromatic carbocycles. The summed E-state index contributed by atoms with van der Waals surface area (Å²) in [6.45, 7) is 4.21. The third-order valence-electron chi connectivity index (χ3n) is 0.996. The molecule has 0 saturated carbocycles. The van der Waals surface area contributed by atoms with Crippen LogP contribution in [-0.2, 0) is 26.2 Å². The first-order valence-electron chi connectivity index (χ1n) is 3.99. The van der Waals surface area contributed by atoms with Crippen LogP contribution in [0.3, 0.4) is 0 Å². The van der Waals surface area contributed by atoms with E-state index in [1.165, 1.54) is 0 Å². The maximum Gasteiger partial charge on any atom is 4.00 e. The molecule has 0 atom stereocenters. The Morgan fingerprint density at radius 3 is 1.09 bits per heavy atom. The summed E-state index contributed by atoms with van der Waals surface area (Å²) in [4.78, 5) is 0. The predicted octanol–water partition coefficient (Wildman–Crippen LogP) is 0.291. The van der Waals surface area contributed by atoms with E-state index in [1.54, 1.807) is 0 Å². The topological polar surface area (TPSA) is 46.1 Å². The summed E-state index contributed by atoms with van der Waals surface area (Å²) in [6.07, 6.45) is 3.73.